The predicted molar refractivity (Wildman–Crippen MR) is 33.5 cm³/mol. The van der Waals surface area contributed by atoms with Crippen molar-refractivity contribution >= 4 is 50.2 Å². The van der Waals surface area contributed by atoms with Crippen molar-refractivity contribution in [2.75, 3.05) is 0 Å². The minimum absolute atomic E-state index is 0.147. The third-order valence-electron chi connectivity index (χ3n) is 0.454. The van der Waals surface area contributed by atoms with E-state index in [0.29, 0.717) is 0 Å². The van der Waals surface area contributed by atoms with Crippen LogP contribution in [0.15, 0.2) is 0 Å². The Morgan fingerprint density at radius 1 is 1.83 bits per heavy atom. The van der Waals surface area contributed by atoms with Crippen molar-refractivity contribution in [1.29, 1.82) is 0 Å². The van der Waals surface area contributed by atoms with E-state index in [-0.39, 0.29) is 11.5 Å². The van der Waals surface area contributed by atoms with Gasteiger partial charge in [-0.3, -0.25) is 0 Å². The van der Waals surface area contributed by atoms with Crippen LogP contribution in [0.1, 0.15) is 0 Å². The summed E-state index contributed by atoms with van der Waals surface area (Å²) in [6.07, 6.45) is 0. The average Bonchev–Trinajstić information content (AvgIpc) is 1.35. The first-order chi connectivity index (χ1) is 2.77. The molecule has 0 heterocycles. The summed E-state index contributed by atoms with van der Waals surface area (Å²) in [4.78, 5) is 0. The van der Waals surface area contributed by atoms with Crippen molar-refractivity contribution in [3.63, 3.8) is 0 Å². The summed E-state index contributed by atoms with van der Waals surface area (Å²) in [6, 6.07) is 0. The third-order valence-corrected chi connectivity index (χ3v) is 211. The molecule has 2 nitrogen and oxygen atoms in total. The molecule has 0 aliphatic carbocycles. The molecule has 0 bridgehead atoms. The van der Waals surface area contributed by atoms with Crippen LogP contribution in [0.2, 0.25) is 0 Å². The van der Waals surface area contributed by atoms with Gasteiger partial charge in [0.1, 0.15) is 0 Å². The van der Waals surface area contributed by atoms with Gasteiger partial charge in [-0.15, -0.1) is 0 Å². The molecular weight excluding hydrogens is 322 g/mol. The monoisotopic (exact) mass is 335 g/mol. The summed E-state index contributed by atoms with van der Waals surface area (Å²) < 4.78 is 19.8. The van der Waals surface area contributed by atoms with Gasteiger partial charge in [0.2, 0.25) is 0 Å². The summed E-state index contributed by atoms with van der Waals surface area (Å²) in [7, 11) is 0. The van der Waals surface area contributed by atoms with Gasteiger partial charge in [-0.05, 0) is 0 Å². The van der Waals surface area contributed by atoms with Gasteiger partial charge in [-0.2, -0.15) is 0 Å². The third kappa shape index (κ3) is 5.77. The van der Waals surface area contributed by atoms with E-state index in [1.54, 1.807) is 0 Å². The van der Waals surface area contributed by atoms with Crippen LogP contribution in [-0.2, 0) is 3.78 Å². The van der Waals surface area contributed by atoms with Crippen LogP contribution in [0.25, 0.3) is 0 Å². The Hall–Kier alpha value is 1.77. The van der Waals surface area contributed by atoms with Crippen LogP contribution in [0.4, 0.5) is 0 Å². The zero-order valence-electron chi connectivity index (χ0n) is 3.73. The van der Waals surface area contributed by atoms with E-state index in [9.17, 15) is 7.91 Å². The van der Waals surface area contributed by atoms with Crippen LogP contribution < -0.4 is 4.13 Å². The second-order valence-electron chi connectivity index (χ2n) is 1.12. The van der Waals surface area contributed by atoms with Gasteiger partial charge in [-0.1, -0.05) is 0 Å². The van der Waals surface area contributed by atoms with Gasteiger partial charge in [0.25, 0.3) is 0 Å². The van der Waals surface area contributed by atoms with Crippen molar-refractivity contribution in [1.82, 2.24) is 0 Å². The van der Waals surface area contributed by atoms with E-state index in [0.717, 1.165) is 14.5 Å². The van der Waals surface area contributed by atoms with Crippen molar-refractivity contribution in [3.05, 3.63) is 0 Å². The Balaban J connectivity index is 2.83. The molecule has 0 radical (unpaired) electrons. The Kier molecular flexibility index (Phi) is 6.37. The fourth-order valence-electron chi connectivity index (χ4n) is 0.204. The van der Waals surface area contributed by atoms with Gasteiger partial charge < -0.3 is 0 Å². The second kappa shape index (κ2) is 4.92. The zero-order valence-corrected chi connectivity index (χ0v) is 16.0. The van der Waals surface area contributed by atoms with E-state index in [1.807, 2.05) is 0 Å². The molecule has 0 atom stereocenters. The molecule has 0 aliphatic rings. The topological polar surface area (TPSA) is 40.1 Å². The molecule has 6 heavy (non-hydrogen) atoms. The summed E-state index contributed by atoms with van der Waals surface area (Å²) in [5, 5.41) is 0. The molecule has 0 aliphatic heterocycles. The van der Waals surface area contributed by atoms with E-state index in [2.05, 4.69) is 0 Å². The molecule has 0 amide bonds. The second-order valence-corrected chi connectivity index (χ2v) is 113. The molecule has 0 saturated carbocycles. The van der Waals surface area contributed by atoms with Crippen LogP contribution in [0, 0.1) is 0 Å². The van der Waals surface area contributed by atoms with E-state index >= 15 is 0 Å². The number of hydrogen-bond donors (Lipinski definition) is 0. The van der Waals surface area contributed by atoms with Gasteiger partial charge in [-0.25, -0.2) is 0 Å². The molecule has 0 aromatic rings. The molecule has 36 valence electrons. The molecule has 0 saturated heterocycles. The predicted octanol–water partition coefficient (Wildman–Crippen LogP) is -4.70. The number of hydrogen-bond acceptors (Lipinski definition) is 2. The molecule has 0 unspecified atom stereocenters. The molecule has 0 aromatic heterocycles. The Morgan fingerprint density at radius 3 is 2.33 bits per heavy atom. The SMILES string of the molecule is [O]=[Ge]([O-])[GeH2][GeH2][GeH3]. The van der Waals surface area contributed by atoms with Crippen LogP contribution in [0.3, 0.4) is 0 Å². The molecule has 0 fully saturated rings. The fraction of sp³-hybridized carbons (Fsp3) is 0. The Labute approximate surface area is 57.5 Å². The van der Waals surface area contributed by atoms with Gasteiger partial charge in [0.15, 0.2) is 0 Å². The van der Waals surface area contributed by atoms with Crippen LogP contribution in [-0.4, -0.2) is 50.2 Å². The van der Waals surface area contributed by atoms with Crippen molar-refractivity contribution in [2.45, 2.75) is 0 Å². The maximum atomic E-state index is 9.90. The Morgan fingerprint density at radius 2 is 2.33 bits per heavy atom. The van der Waals surface area contributed by atoms with Crippen molar-refractivity contribution in [2.24, 2.45) is 0 Å². The molecule has 6 heteroatoms. The molecule has 0 N–H and O–H groups in total. The van der Waals surface area contributed by atoms with Crippen LogP contribution >= 0.6 is 0 Å². The number of rotatable bonds is 2. The average molecular weight is 329 g/mol. The molecule has 0 aromatic carbocycles. The first-order valence-corrected chi connectivity index (χ1v) is 44.3. The van der Waals surface area contributed by atoms with E-state index < -0.39 is 24.1 Å². The summed E-state index contributed by atoms with van der Waals surface area (Å²) in [6.45, 7) is 0. The standard InChI is InChI=1S/Ge4H7O2/c1-2-3-4(5)6/h2-3H2,1H3/q-1. The normalized spacial score (nSPS) is 12.7. The van der Waals surface area contributed by atoms with Gasteiger partial charge >= 0.3 is 58.1 Å². The van der Waals surface area contributed by atoms with Crippen molar-refractivity contribution in [3.8, 4) is 0 Å². The first kappa shape index (κ1) is 7.77. The summed E-state index contributed by atoms with van der Waals surface area (Å²) in [5.41, 5.74) is 0. The van der Waals surface area contributed by atoms with Crippen LogP contribution in [0.5, 0.6) is 0 Å². The summed E-state index contributed by atoms with van der Waals surface area (Å²) >= 11 is -2.38. The molecular formula is H7Ge4O2-. The van der Waals surface area contributed by atoms with Gasteiger partial charge in [0.05, 0.1) is 0 Å². The van der Waals surface area contributed by atoms with Gasteiger partial charge in [0, 0.05) is 0 Å². The van der Waals surface area contributed by atoms with E-state index in [1.165, 1.54) is 0 Å². The maximum absolute atomic E-state index is 9.90. The Bertz CT molecular complexity index is 49.5. The quantitative estimate of drug-likeness (QED) is 0.478. The van der Waals surface area contributed by atoms with Crippen molar-refractivity contribution < 1.29 is 7.91 Å². The first-order valence-electron chi connectivity index (χ1n) is 1.97. The zero-order chi connectivity index (χ0) is 4.99. The summed E-state index contributed by atoms with van der Waals surface area (Å²) in [5.74, 6) is 0. The van der Waals surface area contributed by atoms with E-state index in [4.69, 9.17) is 0 Å². The fourth-order valence-corrected chi connectivity index (χ4v) is 149. The molecule has 0 rings (SSSR count). The minimum atomic E-state index is -2.57. The molecule has 0 spiro atoms.